The van der Waals surface area contributed by atoms with Gasteiger partial charge in [-0.3, -0.25) is 4.68 Å². The largest absolute Gasteiger partial charge is 0.379 e. The third kappa shape index (κ3) is 3.91. The van der Waals surface area contributed by atoms with Gasteiger partial charge >= 0.3 is 0 Å². The molecular weight excluding hydrogens is 284 g/mol. The van der Waals surface area contributed by atoms with Crippen molar-refractivity contribution >= 4 is 23.0 Å². The van der Waals surface area contributed by atoms with E-state index >= 15 is 0 Å². The van der Waals surface area contributed by atoms with Crippen molar-refractivity contribution in [3.05, 3.63) is 41.2 Å². The van der Waals surface area contributed by atoms with Crippen molar-refractivity contribution in [2.45, 2.75) is 32.9 Å². The van der Waals surface area contributed by atoms with Gasteiger partial charge in [-0.2, -0.15) is 5.10 Å². The van der Waals surface area contributed by atoms with Crippen LogP contribution >= 0.6 is 11.6 Å². The molecule has 0 aliphatic carbocycles. The Hall–Kier alpha value is -1.68. The second-order valence-electron chi connectivity index (χ2n) is 6.37. The lowest BCUT2D eigenvalue weighted by Crippen LogP contribution is -2.22. The maximum Gasteiger partial charge on any atom is 0.0597 e. The minimum atomic E-state index is 0.00308. The van der Waals surface area contributed by atoms with Crippen LogP contribution in [0.25, 0.3) is 0 Å². The minimum Gasteiger partial charge on any atom is -0.379 e. The first-order valence-corrected chi connectivity index (χ1v) is 7.40. The van der Waals surface area contributed by atoms with E-state index in [1.54, 1.807) is 0 Å². The topological polar surface area (TPSA) is 33.1 Å². The van der Waals surface area contributed by atoms with Crippen molar-refractivity contribution in [1.29, 1.82) is 0 Å². The second-order valence-corrected chi connectivity index (χ2v) is 6.81. The monoisotopic (exact) mass is 306 g/mol. The maximum absolute atomic E-state index is 6.09. The van der Waals surface area contributed by atoms with E-state index in [4.69, 9.17) is 11.6 Å². The lowest BCUT2D eigenvalue weighted by atomic mass is 10.1. The standard InChI is InChI=1S/C16H23ClN4/c1-16(2,3)21-11-12(10-19-21)9-18-14-8-13(17)6-7-15(14)20(4)5/h6-8,10-11,18H,9H2,1-5H3. The minimum absolute atomic E-state index is 0.00308. The Balaban J connectivity index is 2.13. The number of anilines is 2. The van der Waals surface area contributed by atoms with Crippen molar-refractivity contribution in [2.75, 3.05) is 24.3 Å². The van der Waals surface area contributed by atoms with Crippen LogP contribution in [0.15, 0.2) is 30.6 Å². The number of benzene rings is 1. The van der Waals surface area contributed by atoms with Crippen LogP contribution in [-0.4, -0.2) is 23.9 Å². The normalized spacial score (nSPS) is 11.5. The van der Waals surface area contributed by atoms with Gasteiger partial charge in [-0.15, -0.1) is 0 Å². The molecule has 2 aromatic rings. The van der Waals surface area contributed by atoms with Crippen LogP contribution in [0.1, 0.15) is 26.3 Å². The summed E-state index contributed by atoms with van der Waals surface area (Å²) in [4.78, 5) is 2.07. The van der Waals surface area contributed by atoms with E-state index in [-0.39, 0.29) is 5.54 Å². The Bertz CT molecular complexity index is 611. The fourth-order valence-corrected chi connectivity index (χ4v) is 2.23. The van der Waals surface area contributed by atoms with Crippen LogP contribution < -0.4 is 10.2 Å². The molecule has 21 heavy (non-hydrogen) atoms. The van der Waals surface area contributed by atoms with Crippen molar-refractivity contribution in [3.8, 4) is 0 Å². The summed E-state index contributed by atoms with van der Waals surface area (Å²) in [5.41, 5.74) is 3.29. The number of nitrogens with one attached hydrogen (secondary N) is 1. The Morgan fingerprint density at radius 2 is 2.00 bits per heavy atom. The second kappa shape index (κ2) is 5.98. The molecule has 1 heterocycles. The lowest BCUT2D eigenvalue weighted by molar-refractivity contribution is 0.355. The molecule has 1 aromatic carbocycles. The average Bonchev–Trinajstić information content (AvgIpc) is 2.84. The Kier molecular flexibility index (Phi) is 4.47. The zero-order valence-electron chi connectivity index (χ0n) is 13.3. The highest BCUT2D eigenvalue weighted by Gasteiger charge is 2.14. The molecule has 0 bridgehead atoms. The summed E-state index contributed by atoms with van der Waals surface area (Å²) in [6.07, 6.45) is 3.98. The first-order valence-electron chi connectivity index (χ1n) is 7.02. The van der Waals surface area contributed by atoms with Gasteiger partial charge in [0.2, 0.25) is 0 Å². The quantitative estimate of drug-likeness (QED) is 0.928. The number of aromatic nitrogens is 2. The molecule has 0 aliphatic heterocycles. The molecule has 0 atom stereocenters. The summed E-state index contributed by atoms with van der Waals surface area (Å²) in [6.45, 7) is 7.13. The molecule has 0 unspecified atom stereocenters. The molecule has 2 rings (SSSR count). The van der Waals surface area contributed by atoms with Crippen molar-refractivity contribution in [2.24, 2.45) is 0 Å². The summed E-state index contributed by atoms with van der Waals surface area (Å²) in [5, 5.41) is 8.58. The van der Waals surface area contributed by atoms with Crippen LogP contribution in [0.2, 0.25) is 5.02 Å². The lowest BCUT2D eigenvalue weighted by Gasteiger charge is -2.19. The summed E-state index contributed by atoms with van der Waals surface area (Å²) in [6, 6.07) is 5.87. The van der Waals surface area contributed by atoms with Crippen LogP contribution in [0.5, 0.6) is 0 Å². The molecule has 114 valence electrons. The number of hydrogen-bond acceptors (Lipinski definition) is 3. The zero-order valence-corrected chi connectivity index (χ0v) is 14.1. The van der Waals surface area contributed by atoms with Crippen molar-refractivity contribution in [1.82, 2.24) is 9.78 Å². The number of halogens is 1. The van der Waals surface area contributed by atoms with Gasteiger partial charge in [0.15, 0.2) is 0 Å². The van der Waals surface area contributed by atoms with E-state index in [1.165, 1.54) is 0 Å². The fraction of sp³-hybridized carbons (Fsp3) is 0.438. The van der Waals surface area contributed by atoms with E-state index in [1.807, 2.05) is 43.2 Å². The Morgan fingerprint density at radius 1 is 1.29 bits per heavy atom. The van der Waals surface area contributed by atoms with E-state index in [2.05, 4.69) is 42.3 Å². The van der Waals surface area contributed by atoms with Crippen molar-refractivity contribution in [3.63, 3.8) is 0 Å². The van der Waals surface area contributed by atoms with E-state index in [9.17, 15) is 0 Å². The van der Waals surface area contributed by atoms with Crippen LogP contribution in [0.3, 0.4) is 0 Å². The highest BCUT2D eigenvalue weighted by molar-refractivity contribution is 6.31. The summed E-state index contributed by atoms with van der Waals surface area (Å²) in [5.74, 6) is 0. The molecule has 0 amide bonds. The molecule has 0 fully saturated rings. The molecule has 0 saturated heterocycles. The molecule has 1 aromatic heterocycles. The zero-order chi connectivity index (χ0) is 15.6. The first kappa shape index (κ1) is 15.7. The van der Waals surface area contributed by atoms with Gasteiger partial charge in [0.25, 0.3) is 0 Å². The molecule has 0 spiro atoms. The van der Waals surface area contributed by atoms with Crippen molar-refractivity contribution < 1.29 is 0 Å². The summed E-state index contributed by atoms with van der Waals surface area (Å²) in [7, 11) is 4.04. The van der Waals surface area contributed by atoms with Gasteiger partial charge in [0, 0.05) is 37.4 Å². The predicted molar refractivity (Wildman–Crippen MR) is 90.3 cm³/mol. The molecule has 4 nitrogen and oxygen atoms in total. The molecule has 0 aliphatic rings. The molecule has 0 radical (unpaired) electrons. The van der Waals surface area contributed by atoms with E-state index in [0.29, 0.717) is 0 Å². The fourth-order valence-electron chi connectivity index (χ4n) is 2.06. The molecule has 5 heteroatoms. The van der Waals surface area contributed by atoms with E-state index in [0.717, 1.165) is 28.5 Å². The van der Waals surface area contributed by atoms with Gasteiger partial charge in [-0.05, 0) is 39.0 Å². The van der Waals surface area contributed by atoms with Gasteiger partial charge in [0.1, 0.15) is 0 Å². The molecule has 0 saturated carbocycles. The van der Waals surface area contributed by atoms with E-state index < -0.39 is 0 Å². The first-order chi connectivity index (χ1) is 9.77. The van der Waals surface area contributed by atoms with Gasteiger partial charge in [0.05, 0.1) is 23.1 Å². The highest BCUT2D eigenvalue weighted by atomic mass is 35.5. The molecular formula is C16H23ClN4. The predicted octanol–water partition coefficient (Wildman–Crippen LogP) is 3.97. The SMILES string of the molecule is CN(C)c1ccc(Cl)cc1NCc1cnn(C(C)(C)C)c1. The Morgan fingerprint density at radius 3 is 2.57 bits per heavy atom. The number of rotatable bonds is 4. The van der Waals surface area contributed by atoms with Crippen LogP contribution in [0, 0.1) is 0 Å². The average molecular weight is 307 g/mol. The van der Waals surface area contributed by atoms with Gasteiger partial charge in [-0.25, -0.2) is 0 Å². The number of hydrogen-bond donors (Lipinski definition) is 1. The third-order valence-electron chi connectivity index (χ3n) is 3.25. The number of nitrogens with zero attached hydrogens (tertiary/aromatic N) is 3. The Labute approximate surface area is 131 Å². The van der Waals surface area contributed by atoms with Crippen LogP contribution in [-0.2, 0) is 12.1 Å². The highest BCUT2D eigenvalue weighted by Crippen LogP contribution is 2.28. The summed E-state index contributed by atoms with van der Waals surface area (Å²) < 4.78 is 1.98. The molecule has 1 N–H and O–H groups in total. The van der Waals surface area contributed by atoms with Gasteiger partial charge in [-0.1, -0.05) is 11.6 Å². The third-order valence-corrected chi connectivity index (χ3v) is 3.48. The maximum atomic E-state index is 6.09. The van der Waals surface area contributed by atoms with Crippen LogP contribution in [0.4, 0.5) is 11.4 Å². The smallest absolute Gasteiger partial charge is 0.0597 e. The summed E-state index contributed by atoms with van der Waals surface area (Å²) >= 11 is 6.09. The van der Waals surface area contributed by atoms with Gasteiger partial charge < -0.3 is 10.2 Å².